The summed E-state index contributed by atoms with van der Waals surface area (Å²) < 4.78 is 15.0. The third kappa shape index (κ3) is 4.49. The topological polar surface area (TPSA) is 96.4 Å². The Labute approximate surface area is 196 Å². The highest BCUT2D eigenvalue weighted by molar-refractivity contribution is 6.00. The van der Waals surface area contributed by atoms with Gasteiger partial charge in [-0.25, -0.2) is 9.37 Å². The highest BCUT2D eigenvalue weighted by atomic mass is 19.1. The van der Waals surface area contributed by atoms with Crippen LogP contribution in [-0.4, -0.2) is 39.9 Å². The summed E-state index contributed by atoms with van der Waals surface area (Å²) in [5.74, 6) is 0.278. The lowest BCUT2D eigenvalue weighted by Crippen LogP contribution is -2.38. The number of anilines is 1. The molecule has 5 rings (SSSR count). The molecule has 0 aromatic carbocycles. The van der Waals surface area contributed by atoms with Gasteiger partial charge < -0.3 is 14.3 Å². The van der Waals surface area contributed by atoms with Crippen molar-refractivity contribution in [3.8, 4) is 6.07 Å². The fraction of sp³-hybridized carbons (Fsp3) is 0.400. The summed E-state index contributed by atoms with van der Waals surface area (Å²) >= 11 is 0. The lowest BCUT2D eigenvalue weighted by molar-refractivity contribution is 0.132. The molecule has 0 bridgehead atoms. The third-order valence-electron chi connectivity index (χ3n) is 6.57. The number of fused-ring (bicyclic) bond motifs is 1. The lowest BCUT2D eigenvalue weighted by atomic mass is 9.89. The molecule has 1 saturated heterocycles. The van der Waals surface area contributed by atoms with Gasteiger partial charge in [-0.05, 0) is 55.9 Å². The Balaban J connectivity index is 1.40. The Morgan fingerprint density at radius 3 is 2.71 bits per heavy atom. The average Bonchev–Trinajstić information content (AvgIpc) is 3.69. The van der Waals surface area contributed by atoms with Crippen molar-refractivity contribution in [2.75, 3.05) is 24.6 Å². The van der Waals surface area contributed by atoms with Gasteiger partial charge in [-0.2, -0.15) is 5.26 Å². The molecule has 0 spiro atoms. The van der Waals surface area contributed by atoms with E-state index in [1.807, 2.05) is 0 Å². The van der Waals surface area contributed by atoms with Gasteiger partial charge in [0.1, 0.15) is 35.4 Å². The van der Waals surface area contributed by atoms with Crippen molar-refractivity contribution in [2.45, 2.75) is 25.7 Å². The zero-order chi connectivity index (χ0) is 23.7. The first-order valence-corrected chi connectivity index (χ1v) is 11.5. The van der Waals surface area contributed by atoms with Crippen LogP contribution >= 0.6 is 0 Å². The number of hydrogen-bond acceptors (Lipinski definition) is 7. The maximum Gasteiger partial charge on any atom is 0.252 e. The molecule has 8 nitrogen and oxygen atoms in total. The smallest absolute Gasteiger partial charge is 0.252 e. The molecule has 2 fully saturated rings. The summed E-state index contributed by atoms with van der Waals surface area (Å²) in [6.07, 6.45) is 5.07. The number of piperidine rings is 1. The third-order valence-corrected chi connectivity index (χ3v) is 6.57. The van der Waals surface area contributed by atoms with E-state index >= 15 is 0 Å². The van der Waals surface area contributed by atoms with Crippen LogP contribution in [0.5, 0.6) is 0 Å². The average molecular weight is 461 g/mol. The van der Waals surface area contributed by atoms with Crippen molar-refractivity contribution in [1.82, 2.24) is 14.5 Å². The summed E-state index contributed by atoms with van der Waals surface area (Å²) in [7, 11) is 1.70. The second-order valence-electron chi connectivity index (χ2n) is 8.94. The van der Waals surface area contributed by atoms with Gasteiger partial charge >= 0.3 is 0 Å². The molecule has 1 saturated carbocycles. The van der Waals surface area contributed by atoms with E-state index in [2.05, 4.69) is 26.1 Å². The van der Waals surface area contributed by atoms with Crippen molar-refractivity contribution < 1.29 is 9.23 Å². The first kappa shape index (κ1) is 22.0. The molecule has 1 aliphatic carbocycles. The molecule has 9 heteroatoms. The van der Waals surface area contributed by atoms with E-state index in [-0.39, 0.29) is 11.5 Å². The van der Waals surface area contributed by atoms with E-state index in [1.165, 1.54) is 25.1 Å². The molecule has 0 amide bonds. The minimum atomic E-state index is -0.390. The van der Waals surface area contributed by atoms with Crippen LogP contribution in [0.2, 0.25) is 0 Å². The van der Waals surface area contributed by atoms with Crippen LogP contribution in [-0.2, 0) is 11.9 Å². The molecule has 0 atom stereocenters. The Kier molecular flexibility index (Phi) is 5.97. The number of halogens is 1. The van der Waals surface area contributed by atoms with Crippen LogP contribution in [0, 0.1) is 29.0 Å². The zero-order valence-electron chi connectivity index (χ0n) is 18.9. The van der Waals surface area contributed by atoms with Crippen LogP contribution in [0.4, 0.5) is 10.1 Å². The maximum atomic E-state index is 13.4. The van der Waals surface area contributed by atoms with Crippen molar-refractivity contribution in [3.63, 3.8) is 0 Å². The fourth-order valence-electron chi connectivity index (χ4n) is 4.36. The van der Waals surface area contributed by atoms with Crippen molar-refractivity contribution in [3.05, 3.63) is 64.1 Å². The highest BCUT2D eigenvalue weighted by Gasteiger charge is 2.28. The van der Waals surface area contributed by atoms with E-state index < -0.39 is 5.82 Å². The molecule has 0 N–H and O–H groups in total. The van der Waals surface area contributed by atoms with Gasteiger partial charge in [-0.15, -0.1) is 0 Å². The number of rotatable bonds is 6. The predicted molar refractivity (Wildman–Crippen MR) is 126 cm³/mol. The number of aromatic nitrogens is 3. The van der Waals surface area contributed by atoms with Gasteiger partial charge in [0.2, 0.25) is 0 Å². The summed E-state index contributed by atoms with van der Waals surface area (Å²) in [6, 6.07) is 10.1. The van der Waals surface area contributed by atoms with Gasteiger partial charge in [-0.1, -0.05) is 5.16 Å². The number of pyridine rings is 3. The fourth-order valence-corrected chi connectivity index (χ4v) is 4.36. The number of oxime groups is 1. The van der Waals surface area contributed by atoms with E-state index in [0.717, 1.165) is 24.2 Å². The van der Waals surface area contributed by atoms with Gasteiger partial charge in [-0.3, -0.25) is 9.78 Å². The van der Waals surface area contributed by atoms with E-state index in [0.29, 0.717) is 48.0 Å². The number of hydrogen-bond donors (Lipinski definition) is 0. The summed E-state index contributed by atoms with van der Waals surface area (Å²) in [4.78, 5) is 29.1. The molecule has 2 aliphatic rings. The predicted octanol–water partition coefficient (Wildman–Crippen LogP) is 3.39. The molecule has 1 aliphatic heterocycles. The quantitative estimate of drug-likeness (QED) is 0.413. The Morgan fingerprint density at radius 2 is 2.03 bits per heavy atom. The maximum absolute atomic E-state index is 13.4. The van der Waals surface area contributed by atoms with Gasteiger partial charge in [0.25, 0.3) is 5.56 Å². The second-order valence-corrected chi connectivity index (χ2v) is 8.94. The van der Waals surface area contributed by atoms with Crippen LogP contribution in [0.15, 0.2) is 46.5 Å². The normalized spacial score (nSPS) is 17.1. The molecule has 34 heavy (non-hydrogen) atoms. The van der Waals surface area contributed by atoms with Gasteiger partial charge in [0.15, 0.2) is 0 Å². The number of aryl methyl sites for hydroxylation is 1. The van der Waals surface area contributed by atoms with E-state index in [4.69, 9.17) is 4.84 Å². The summed E-state index contributed by atoms with van der Waals surface area (Å²) in [5, 5.41) is 13.7. The van der Waals surface area contributed by atoms with Crippen molar-refractivity contribution in [2.24, 2.45) is 24.0 Å². The van der Waals surface area contributed by atoms with E-state index in [9.17, 15) is 14.4 Å². The molecule has 174 valence electrons. The van der Waals surface area contributed by atoms with Gasteiger partial charge in [0, 0.05) is 32.1 Å². The van der Waals surface area contributed by atoms with Crippen LogP contribution in [0.25, 0.3) is 11.0 Å². The molecule has 0 radical (unpaired) electrons. The largest absolute Gasteiger partial charge is 0.395 e. The van der Waals surface area contributed by atoms with Crippen LogP contribution < -0.4 is 10.5 Å². The molecule has 4 heterocycles. The molecule has 3 aromatic heterocycles. The summed E-state index contributed by atoms with van der Waals surface area (Å²) in [5.41, 5.74) is 3.61. The Morgan fingerprint density at radius 1 is 1.24 bits per heavy atom. The Hall–Kier alpha value is -3.80. The van der Waals surface area contributed by atoms with Crippen molar-refractivity contribution >= 4 is 22.4 Å². The standard InChI is InChI=1S/C25H25FN6O2/c1-31-21-7-5-19(13-27)29-25(21)22(12-23(31)33)32-10-8-17(9-11-32)24(30-34-15-16-2-3-16)20-6-4-18(26)14-28-20/h4-7,12,14,16-17H,2-3,8-11,15H2,1H3/b30-24-. The first-order valence-electron chi connectivity index (χ1n) is 11.5. The second kappa shape index (κ2) is 9.21. The molecular formula is C25H25FN6O2. The first-order chi connectivity index (χ1) is 16.5. The number of nitriles is 1. The molecular weight excluding hydrogens is 435 g/mol. The zero-order valence-corrected chi connectivity index (χ0v) is 18.9. The SMILES string of the molecule is Cn1c(=O)cc(N2CCC(/C(=N/OCC3CC3)c3ccc(F)cn3)CC2)c2nc(C#N)ccc21. The van der Waals surface area contributed by atoms with E-state index in [1.54, 1.807) is 35.9 Å². The lowest BCUT2D eigenvalue weighted by Gasteiger charge is -2.34. The highest BCUT2D eigenvalue weighted by Crippen LogP contribution is 2.31. The van der Waals surface area contributed by atoms with Gasteiger partial charge in [0.05, 0.1) is 23.1 Å². The minimum absolute atomic E-state index is 0.0915. The minimum Gasteiger partial charge on any atom is -0.395 e. The monoisotopic (exact) mass is 460 g/mol. The molecule has 0 unspecified atom stereocenters. The molecule has 3 aromatic rings. The Bertz CT molecular complexity index is 1330. The van der Waals surface area contributed by atoms with Crippen LogP contribution in [0.3, 0.4) is 0 Å². The van der Waals surface area contributed by atoms with Crippen molar-refractivity contribution in [1.29, 1.82) is 5.26 Å². The van der Waals surface area contributed by atoms with Crippen LogP contribution in [0.1, 0.15) is 37.1 Å². The number of nitrogens with zero attached hydrogens (tertiary/aromatic N) is 6. The summed E-state index contributed by atoms with van der Waals surface area (Å²) in [6.45, 7) is 1.94.